The maximum Gasteiger partial charge on any atom is 0.277 e. The Hall–Kier alpha value is -3.07. The summed E-state index contributed by atoms with van der Waals surface area (Å²) in [5, 5.41) is 10.9. The van der Waals surface area contributed by atoms with E-state index >= 15 is 0 Å². The molecule has 29 heavy (non-hydrogen) atoms. The molecule has 2 aromatic carbocycles. The molecule has 0 aliphatic heterocycles. The van der Waals surface area contributed by atoms with Crippen LogP contribution in [-0.2, 0) is 4.79 Å². The number of aromatic nitrogens is 2. The molecule has 0 saturated heterocycles. The summed E-state index contributed by atoms with van der Waals surface area (Å²) in [6, 6.07) is 11.2. The predicted molar refractivity (Wildman–Crippen MR) is 107 cm³/mol. The third-order valence-electron chi connectivity index (χ3n) is 3.85. The number of hydrogen-bond acceptors (Lipinski definition) is 7. The number of amides is 1. The smallest absolute Gasteiger partial charge is 0.277 e. The van der Waals surface area contributed by atoms with Gasteiger partial charge in [0.25, 0.3) is 11.1 Å². The molecule has 1 aromatic heterocycles. The standard InChI is InChI=1S/C20H20FN3O4S/c1-12-4-9-17(26-3)16(10-12)22-18(25)11-29-20-24-23-19(28-20)13(2)27-15-7-5-14(21)6-8-15/h4-10,13H,11H2,1-3H3,(H,22,25)/t13-/m0/s1. The van der Waals surface area contributed by atoms with E-state index in [4.69, 9.17) is 13.9 Å². The van der Waals surface area contributed by atoms with Crippen LogP contribution in [0.25, 0.3) is 0 Å². The first kappa shape index (κ1) is 20.7. The first-order valence-corrected chi connectivity index (χ1v) is 9.76. The summed E-state index contributed by atoms with van der Waals surface area (Å²) < 4.78 is 29.4. The summed E-state index contributed by atoms with van der Waals surface area (Å²) in [6.07, 6.45) is -0.521. The number of benzene rings is 2. The van der Waals surface area contributed by atoms with Crippen molar-refractivity contribution in [1.29, 1.82) is 0 Å². The average Bonchev–Trinajstić information content (AvgIpc) is 3.18. The largest absolute Gasteiger partial charge is 0.495 e. The lowest BCUT2D eigenvalue weighted by Crippen LogP contribution is -2.14. The van der Waals surface area contributed by atoms with E-state index in [1.165, 1.54) is 24.3 Å². The van der Waals surface area contributed by atoms with Gasteiger partial charge in [-0.05, 0) is 55.8 Å². The molecular weight excluding hydrogens is 397 g/mol. The van der Waals surface area contributed by atoms with Gasteiger partial charge in [-0.3, -0.25) is 4.79 Å². The van der Waals surface area contributed by atoms with Gasteiger partial charge in [-0.25, -0.2) is 4.39 Å². The fraction of sp³-hybridized carbons (Fsp3) is 0.250. The van der Waals surface area contributed by atoms with Crippen LogP contribution in [0.2, 0.25) is 0 Å². The Labute approximate surface area is 171 Å². The van der Waals surface area contributed by atoms with E-state index in [1.807, 2.05) is 19.1 Å². The van der Waals surface area contributed by atoms with E-state index in [1.54, 1.807) is 20.1 Å². The molecule has 7 nitrogen and oxygen atoms in total. The Morgan fingerprint density at radius 3 is 2.72 bits per heavy atom. The molecule has 0 fully saturated rings. The van der Waals surface area contributed by atoms with Crippen molar-refractivity contribution < 1.29 is 23.1 Å². The molecule has 1 N–H and O–H groups in total. The zero-order chi connectivity index (χ0) is 20.8. The van der Waals surface area contributed by atoms with Crippen molar-refractivity contribution in [2.45, 2.75) is 25.2 Å². The van der Waals surface area contributed by atoms with E-state index in [0.717, 1.165) is 17.3 Å². The van der Waals surface area contributed by atoms with Gasteiger partial charge in [0, 0.05) is 0 Å². The number of rotatable bonds is 8. The summed E-state index contributed by atoms with van der Waals surface area (Å²) in [5.41, 5.74) is 1.61. The number of nitrogens with zero attached hydrogens (tertiary/aromatic N) is 2. The minimum absolute atomic E-state index is 0.0892. The molecule has 0 saturated carbocycles. The Balaban J connectivity index is 1.54. The van der Waals surface area contributed by atoms with Crippen molar-refractivity contribution in [2.75, 3.05) is 18.2 Å². The van der Waals surface area contributed by atoms with Gasteiger partial charge in [-0.15, -0.1) is 10.2 Å². The Morgan fingerprint density at radius 1 is 1.24 bits per heavy atom. The van der Waals surface area contributed by atoms with Gasteiger partial charge >= 0.3 is 0 Å². The molecule has 1 atom stereocenters. The number of thioether (sulfide) groups is 1. The van der Waals surface area contributed by atoms with Crippen LogP contribution in [0, 0.1) is 12.7 Å². The van der Waals surface area contributed by atoms with E-state index in [9.17, 15) is 9.18 Å². The summed E-state index contributed by atoms with van der Waals surface area (Å²) in [5.74, 6) is 0.847. The second-order valence-corrected chi connectivity index (χ2v) is 7.09. The third-order valence-corrected chi connectivity index (χ3v) is 4.67. The number of carbonyl (C=O) groups is 1. The second-order valence-electron chi connectivity index (χ2n) is 6.16. The van der Waals surface area contributed by atoms with E-state index in [2.05, 4.69) is 15.5 Å². The Kier molecular flexibility index (Phi) is 6.71. The van der Waals surface area contributed by atoms with Gasteiger partial charge in [0.15, 0.2) is 6.10 Å². The highest BCUT2D eigenvalue weighted by atomic mass is 32.2. The third kappa shape index (κ3) is 5.71. The maximum absolute atomic E-state index is 13.0. The molecular formula is C20H20FN3O4S. The van der Waals surface area contributed by atoms with E-state index < -0.39 is 6.10 Å². The van der Waals surface area contributed by atoms with Crippen LogP contribution in [-0.4, -0.2) is 29.0 Å². The fourth-order valence-electron chi connectivity index (χ4n) is 2.44. The van der Waals surface area contributed by atoms with Crippen LogP contribution >= 0.6 is 11.8 Å². The lowest BCUT2D eigenvalue weighted by atomic mass is 10.2. The molecule has 0 unspecified atom stereocenters. The van der Waals surface area contributed by atoms with Crippen molar-refractivity contribution in [3.63, 3.8) is 0 Å². The van der Waals surface area contributed by atoms with Gasteiger partial charge in [-0.2, -0.15) is 0 Å². The summed E-state index contributed by atoms with van der Waals surface area (Å²) >= 11 is 1.11. The number of halogens is 1. The molecule has 0 radical (unpaired) electrons. The van der Waals surface area contributed by atoms with E-state index in [0.29, 0.717) is 17.2 Å². The topological polar surface area (TPSA) is 86.5 Å². The van der Waals surface area contributed by atoms with Gasteiger partial charge < -0.3 is 19.2 Å². The van der Waals surface area contributed by atoms with Crippen LogP contribution in [0.1, 0.15) is 24.5 Å². The Morgan fingerprint density at radius 2 is 2.00 bits per heavy atom. The lowest BCUT2D eigenvalue weighted by molar-refractivity contribution is -0.113. The van der Waals surface area contributed by atoms with Crippen LogP contribution in [0.5, 0.6) is 11.5 Å². The normalized spacial score (nSPS) is 11.7. The summed E-state index contributed by atoms with van der Waals surface area (Å²) in [4.78, 5) is 12.2. The minimum Gasteiger partial charge on any atom is -0.495 e. The van der Waals surface area contributed by atoms with Crippen molar-refractivity contribution in [1.82, 2.24) is 10.2 Å². The number of hydrogen-bond donors (Lipinski definition) is 1. The van der Waals surface area contributed by atoms with Gasteiger partial charge in [0.1, 0.15) is 17.3 Å². The lowest BCUT2D eigenvalue weighted by Gasteiger charge is -2.11. The van der Waals surface area contributed by atoms with Crippen LogP contribution in [0.4, 0.5) is 10.1 Å². The Bertz CT molecular complexity index is 978. The number of carbonyl (C=O) groups excluding carboxylic acids is 1. The summed E-state index contributed by atoms with van der Waals surface area (Å²) in [6.45, 7) is 3.67. The SMILES string of the molecule is COc1ccc(C)cc1NC(=O)CSc1nnc([C@H](C)Oc2ccc(F)cc2)o1. The minimum atomic E-state index is -0.521. The maximum atomic E-state index is 13.0. The number of ether oxygens (including phenoxy) is 2. The van der Waals surface area contributed by atoms with Gasteiger partial charge in [0.2, 0.25) is 5.91 Å². The quantitative estimate of drug-likeness (QED) is 0.544. The van der Waals surface area contributed by atoms with Crippen molar-refractivity contribution in [3.05, 3.63) is 59.7 Å². The second kappa shape index (κ2) is 9.42. The number of methoxy groups -OCH3 is 1. The molecule has 3 aromatic rings. The van der Waals surface area contributed by atoms with Crippen LogP contribution in [0.15, 0.2) is 52.1 Å². The molecule has 3 rings (SSSR count). The molecule has 1 heterocycles. The number of aryl methyl sites for hydroxylation is 1. The van der Waals surface area contributed by atoms with E-state index in [-0.39, 0.29) is 28.6 Å². The monoisotopic (exact) mass is 417 g/mol. The van der Waals surface area contributed by atoms with Crippen molar-refractivity contribution in [3.8, 4) is 11.5 Å². The molecule has 0 spiro atoms. The number of nitrogens with one attached hydrogen (secondary N) is 1. The molecule has 152 valence electrons. The van der Waals surface area contributed by atoms with Gasteiger partial charge in [0.05, 0.1) is 18.6 Å². The first-order chi connectivity index (χ1) is 13.9. The predicted octanol–water partition coefficient (Wildman–Crippen LogP) is 4.40. The average molecular weight is 417 g/mol. The van der Waals surface area contributed by atoms with Crippen LogP contribution < -0.4 is 14.8 Å². The first-order valence-electron chi connectivity index (χ1n) is 8.77. The molecule has 9 heteroatoms. The van der Waals surface area contributed by atoms with Crippen molar-refractivity contribution >= 4 is 23.4 Å². The molecule has 0 aliphatic rings. The van der Waals surface area contributed by atoms with Gasteiger partial charge in [-0.1, -0.05) is 17.8 Å². The highest BCUT2D eigenvalue weighted by Crippen LogP contribution is 2.27. The van der Waals surface area contributed by atoms with Crippen molar-refractivity contribution in [2.24, 2.45) is 0 Å². The zero-order valence-corrected chi connectivity index (χ0v) is 17.0. The summed E-state index contributed by atoms with van der Waals surface area (Å²) in [7, 11) is 1.55. The van der Waals surface area contributed by atoms with Crippen LogP contribution in [0.3, 0.4) is 0 Å². The molecule has 0 aliphatic carbocycles. The zero-order valence-electron chi connectivity index (χ0n) is 16.1. The molecule has 0 bridgehead atoms. The highest BCUT2D eigenvalue weighted by Gasteiger charge is 2.17. The molecule has 1 amide bonds. The number of anilines is 1. The highest BCUT2D eigenvalue weighted by molar-refractivity contribution is 7.99. The fourth-order valence-corrected chi connectivity index (χ4v) is 3.01.